The van der Waals surface area contributed by atoms with Crippen LogP contribution in [-0.2, 0) is 0 Å². The van der Waals surface area contributed by atoms with E-state index in [1.807, 2.05) is 6.07 Å². The Morgan fingerprint density at radius 3 is 2.94 bits per heavy atom. The first-order valence-electron chi connectivity index (χ1n) is 5.26. The molecule has 0 fully saturated rings. The van der Waals surface area contributed by atoms with Crippen molar-refractivity contribution >= 4 is 27.3 Å². The molecule has 0 aliphatic carbocycles. The highest BCUT2D eigenvalue weighted by atomic mass is 79.9. The summed E-state index contributed by atoms with van der Waals surface area (Å²) in [6, 6.07) is 8.98. The van der Waals surface area contributed by atoms with Gasteiger partial charge in [-0.3, -0.25) is 0 Å². The second-order valence-electron chi connectivity index (χ2n) is 3.68. The highest BCUT2D eigenvalue weighted by molar-refractivity contribution is 9.10. The molecule has 2 heterocycles. The molecule has 5 nitrogen and oxygen atoms in total. The average Bonchev–Trinajstić information content (AvgIpc) is 2.80. The predicted molar refractivity (Wildman–Crippen MR) is 71.6 cm³/mol. The lowest BCUT2D eigenvalue weighted by molar-refractivity contribution is 0.465. The van der Waals surface area contributed by atoms with Crippen LogP contribution in [0.4, 0.5) is 5.69 Å². The maximum absolute atomic E-state index is 5.86. The summed E-state index contributed by atoms with van der Waals surface area (Å²) in [4.78, 5) is 4.31. The van der Waals surface area contributed by atoms with E-state index in [9.17, 15) is 0 Å². The summed E-state index contributed by atoms with van der Waals surface area (Å²) >= 11 is 3.35. The number of nitrogens with zero attached hydrogens (tertiary/aromatic N) is 3. The summed E-state index contributed by atoms with van der Waals surface area (Å²) in [6.07, 6.45) is 3.47. The molecule has 18 heavy (non-hydrogen) atoms. The van der Waals surface area contributed by atoms with Crippen molar-refractivity contribution < 1.29 is 4.74 Å². The van der Waals surface area contributed by atoms with Gasteiger partial charge in [-0.25, -0.2) is 4.52 Å². The molecule has 0 amide bonds. The highest BCUT2D eigenvalue weighted by Crippen LogP contribution is 2.28. The van der Waals surface area contributed by atoms with Crippen LogP contribution in [0.2, 0.25) is 0 Å². The van der Waals surface area contributed by atoms with Gasteiger partial charge in [0.15, 0.2) is 11.4 Å². The Kier molecular flexibility index (Phi) is 2.64. The molecule has 0 saturated heterocycles. The zero-order chi connectivity index (χ0) is 12.5. The van der Waals surface area contributed by atoms with Gasteiger partial charge >= 0.3 is 0 Å². The number of rotatable bonds is 2. The minimum Gasteiger partial charge on any atom is -0.437 e. The van der Waals surface area contributed by atoms with Crippen LogP contribution in [0, 0.1) is 0 Å². The van der Waals surface area contributed by atoms with Gasteiger partial charge in [0.1, 0.15) is 0 Å². The number of hydrogen-bond acceptors (Lipinski definition) is 4. The molecule has 0 aliphatic heterocycles. The monoisotopic (exact) mass is 304 g/mol. The summed E-state index contributed by atoms with van der Waals surface area (Å²) in [5, 5.41) is 4.06. The first kappa shape index (κ1) is 11.0. The van der Waals surface area contributed by atoms with Gasteiger partial charge in [-0.05, 0) is 18.2 Å². The quantitative estimate of drug-likeness (QED) is 0.739. The molecule has 6 heteroatoms. The maximum atomic E-state index is 5.86. The molecule has 0 atom stereocenters. The fraction of sp³-hybridized carbons (Fsp3) is 0. The molecule has 90 valence electrons. The van der Waals surface area contributed by atoms with Crippen molar-refractivity contribution in [2.45, 2.75) is 0 Å². The van der Waals surface area contributed by atoms with Crippen LogP contribution >= 0.6 is 15.9 Å². The lowest BCUT2D eigenvalue weighted by Gasteiger charge is -2.07. The average molecular weight is 305 g/mol. The lowest BCUT2D eigenvalue weighted by atomic mass is 10.3. The third-order valence-electron chi connectivity index (χ3n) is 2.42. The van der Waals surface area contributed by atoms with Crippen molar-refractivity contribution in [3.63, 3.8) is 0 Å². The second-order valence-corrected chi connectivity index (χ2v) is 4.60. The van der Waals surface area contributed by atoms with Crippen LogP contribution in [0.15, 0.2) is 47.2 Å². The maximum Gasteiger partial charge on any atom is 0.222 e. The van der Waals surface area contributed by atoms with E-state index in [2.05, 4.69) is 26.0 Å². The lowest BCUT2D eigenvalue weighted by Crippen LogP contribution is -1.95. The molecular weight excluding hydrogens is 296 g/mol. The van der Waals surface area contributed by atoms with E-state index >= 15 is 0 Å². The van der Waals surface area contributed by atoms with E-state index < -0.39 is 0 Å². The van der Waals surface area contributed by atoms with Crippen LogP contribution in [0.3, 0.4) is 0 Å². The van der Waals surface area contributed by atoms with E-state index in [0.29, 0.717) is 17.3 Å². The van der Waals surface area contributed by atoms with Gasteiger partial charge in [-0.15, -0.1) is 0 Å². The summed E-state index contributed by atoms with van der Waals surface area (Å²) in [7, 11) is 0. The minimum absolute atomic E-state index is 0.483. The van der Waals surface area contributed by atoms with Crippen molar-refractivity contribution in [3.05, 3.63) is 47.2 Å². The molecule has 0 unspecified atom stereocenters. The van der Waals surface area contributed by atoms with Gasteiger partial charge in [0.2, 0.25) is 5.88 Å². The van der Waals surface area contributed by atoms with E-state index in [1.165, 1.54) is 0 Å². The van der Waals surface area contributed by atoms with Crippen molar-refractivity contribution in [2.24, 2.45) is 0 Å². The summed E-state index contributed by atoms with van der Waals surface area (Å²) in [6.45, 7) is 0. The van der Waals surface area contributed by atoms with Crippen LogP contribution in [0.25, 0.3) is 5.65 Å². The fourth-order valence-corrected chi connectivity index (χ4v) is 1.96. The zero-order valence-electron chi connectivity index (χ0n) is 9.25. The number of benzene rings is 1. The molecule has 1 aromatic carbocycles. The summed E-state index contributed by atoms with van der Waals surface area (Å²) < 4.78 is 8.22. The Morgan fingerprint density at radius 2 is 2.11 bits per heavy atom. The zero-order valence-corrected chi connectivity index (χ0v) is 10.8. The van der Waals surface area contributed by atoms with Gasteiger partial charge < -0.3 is 10.5 Å². The normalized spacial score (nSPS) is 10.7. The van der Waals surface area contributed by atoms with Crippen molar-refractivity contribution in [1.29, 1.82) is 0 Å². The van der Waals surface area contributed by atoms with Gasteiger partial charge in [0.25, 0.3) is 0 Å². The summed E-state index contributed by atoms with van der Waals surface area (Å²) in [5.41, 5.74) is 7.14. The molecule has 2 aromatic heterocycles. The molecule has 0 spiro atoms. The van der Waals surface area contributed by atoms with Crippen molar-refractivity contribution in [3.8, 4) is 11.6 Å². The number of fused-ring (bicyclic) bond motifs is 1. The van der Waals surface area contributed by atoms with E-state index in [0.717, 1.165) is 10.1 Å². The molecule has 0 saturated carbocycles. The van der Waals surface area contributed by atoms with Crippen molar-refractivity contribution in [1.82, 2.24) is 14.6 Å². The molecular formula is C12H9BrN4O. The third kappa shape index (κ3) is 2.02. The van der Waals surface area contributed by atoms with Gasteiger partial charge in [0, 0.05) is 22.8 Å². The summed E-state index contributed by atoms with van der Waals surface area (Å²) in [5.74, 6) is 1.06. The number of ether oxygens (including phenoxy) is 1. The Balaban J connectivity index is 1.95. The topological polar surface area (TPSA) is 65.4 Å². The number of nitrogen functional groups attached to an aromatic ring is 1. The predicted octanol–water partition coefficient (Wildman–Crippen LogP) is 2.87. The third-order valence-corrected chi connectivity index (χ3v) is 2.91. The van der Waals surface area contributed by atoms with Crippen LogP contribution in [0.1, 0.15) is 0 Å². The second kappa shape index (κ2) is 4.30. The molecule has 2 N–H and O–H groups in total. The largest absolute Gasteiger partial charge is 0.437 e. The number of halogens is 1. The standard InChI is InChI=1S/C12H9BrN4O/c13-8-1-2-10(9(14)7-8)18-12-4-6-17-11(16-12)3-5-15-17/h1-7H,14H2. The molecule has 3 rings (SSSR count). The van der Waals surface area contributed by atoms with Gasteiger partial charge in [-0.2, -0.15) is 10.1 Å². The first-order chi connectivity index (χ1) is 8.72. The first-order valence-corrected chi connectivity index (χ1v) is 6.05. The molecule has 3 aromatic rings. The van der Waals surface area contributed by atoms with Crippen molar-refractivity contribution in [2.75, 3.05) is 5.73 Å². The van der Waals surface area contributed by atoms with Crippen LogP contribution in [-0.4, -0.2) is 14.6 Å². The Bertz CT molecular complexity index is 710. The molecule has 0 bridgehead atoms. The number of aromatic nitrogens is 3. The Hall–Kier alpha value is -2.08. The van der Waals surface area contributed by atoms with Crippen LogP contribution < -0.4 is 10.5 Å². The number of anilines is 1. The van der Waals surface area contributed by atoms with E-state index in [4.69, 9.17) is 10.5 Å². The highest BCUT2D eigenvalue weighted by Gasteiger charge is 2.05. The van der Waals surface area contributed by atoms with E-state index in [-0.39, 0.29) is 0 Å². The Morgan fingerprint density at radius 1 is 1.22 bits per heavy atom. The van der Waals surface area contributed by atoms with E-state index in [1.54, 1.807) is 41.2 Å². The number of hydrogen-bond donors (Lipinski definition) is 1. The molecule has 0 aliphatic rings. The minimum atomic E-state index is 0.483. The Labute approximate surface area is 111 Å². The number of nitrogens with two attached hydrogens (primary N) is 1. The van der Waals surface area contributed by atoms with Gasteiger partial charge in [-0.1, -0.05) is 15.9 Å². The van der Waals surface area contributed by atoms with Crippen LogP contribution in [0.5, 0.6) is 11.6 Å². The van der Waals surface area contributed by atoms with Gasteiger partial charge in [0.05, 0.1) is 11.9 Å². The fourth-order valence-electron chi connectivity index (χ4n) is 1.58. The SMILES string of the molecule is Nc1cc(Br)ccc1Oc1ccn2nccc2n1. The smallest absolute Gasteiger partial charge is 0.222 e. The molecule has 0 radical (unpaired) electrons.